The van der Waals surface area contributed by atoms with Crippen molar-refractivity contribution in [3.63, 3.8) is 0 Å². The third kappa shape index (κ3) is 4.24. The van der Waals surface area contributed by atoms with Gasteiger partial charge in [0.2, 0.25) is 0 Å². The van der Waals surface area contributed by atoms with Crippen LogP contribution in [0, 0.1) is 0 Å². The summed E-state index contributed by atoms with van der Waals surface area (Å²) in [6.07, 6.45) is 1.75. The summed E-state index contributed by atoms with van der Waals surface area (Å²) >= 11 is 1.75. The Hall–Kier alpha value is -0.490. The summed E-state index contributed by atoms with van der Waals surface area (Å²) in [4.78, 5) is 4.74. The van der Waals surface area contributed by atoms with E-state index in [1.165, 1.54) is 10.7 Å². The smallest absolute Gasteiger partial charge is 0.159 e. The number of likely N-dealkylation sites (N-methyl/N-ethyl adjacent to an activating group) is 1. The Morgan fingerprint density at radius 3 is 2.63 bits per heavy atom. The molecular weight excluding hydrogens is 260 g/mol. The molecule has 0 bridgehead atoms. The summed E-state index contributed by atoms with van der Waals surface area (Å²) < 4.78 is 11.0. The molecule has 1 atom stereocenters. The summed E-state index contributed by atoms with van der Waals surface area (Å²) in [7, 11) is 1.98. The molecule has 0 aromatic carbocycles. The van der Waals surface area contributed by atoms with Crippen LogP contribution in [-0.2, 0) is 21.3 Å². The Morgan fingerprint density at radius 2 is 2.11 bits per heavy atom. The van der Waals surface area contributed by atoms with Crippen molar-refractivity contribution in [3.05, 3.63) is 16.1 Å². The number of hydrogen-bond donors (Lipinski definition) is 1. The second-order valence-electron chi connectivity index (χ2n) is 5.97. The molecule has 5 heteroatoms. The third-order valence-electron chi connectivity index (χ3n) is 3.32. The second-order valence-corrected chi connectivity index (χ2v) is 6.92. The molecule has 1 saturated heterocycles. The topological polar surface area (TPSA) is 43.4 Å². The Kier molecular flexibility index (Phi) is 4.95. The summed E-state index contributed by atoms with van der Waals surface area (Å²) in [5.41, 5.74) is 1.30. The van der Waals surface area contributed by atoms with Gasteiger partial charge in [0.15, 0.2) is 6.29 Å². The van der Waals surface area contributed by atoms with Crippen LogP contribution in [0.25, 0.3) is 0 Å². The third-order valence-corrected chi connectivity index (χ3v) is 4.19. The quantitative estimate of drug-likeness (QED) is 0.901. The average molecular weight is 284 g/mol. The molecule has 19 heavy (non-hydrogen) atoms. The van der Waals surface area contributed by atoms with Gasteiger partial charge in [-0.1, -0.05) is 20.8 Å². The van der Waals surface area contributed by atoms with Crippen molar-refractivity contribution in [3.8, 4) is 0 Å². The Morgan fingerprint density at radius 1 is 1.42 bits per heavy atom. The number of aromatic nitrogens is 1. The molecule has 0 saturated carbocycles. The molecule has 1 fully saturated rings. The SMILES string of the molecule is CNC(Cc1nc(C(C)(C)C)cs1)CC1OCCO1. The van der Waals surface area contributed by atoms with Crippen molar-refractivity contribution < 1.29 is 9.47 Å². The van der Waals surface area contributed by atoms with E-state index in [9.17, 15) is 0 Å². The first kappa shape index (κ1) is 14.9. The Balaban J connectivity index is 1.92. The maximum absolute atomic E-state index is 5.50. The van der Waals surface area contributed by atoms with Crippen LogP contribution in [0.15, 0.2) is 5.38 Å². The zero-order chi connectivity index (χ0) is 13.9. The van der Waals surface area contributed by atoms with Crippen LogP contribution in [0.5, 0.6) is 0 Å². The van der Waals surface area contributed by atoms with Gasteiger partial charge < -0.3 is 14.8 Å². The zero-order valence-corrected chi connectivity index (χ0v) is 13.0. The number of hydrogen-bond acceptors (Lipinski definition) is 5. The molecule has 4 nitrogen and oxygen atoms in total. The molecule has 1 unspecified atom stereocenters. The highest BCUT2D eigenvalue weighted by Gasteiger charge is 2.23. The van der Waals surface area contributed by atoms with E-state index in [2.05, 4.69) is 31.5 Å². The van der Waals surface area contributed by atoms with E-state index in [1.807, 2.05) is 7.05 Å². The van der Waals surface area contributed by atoms with Gasteiger partial charge in [0.25, 0.3) is 0 Å². The highest BCUT2D eigenvalue weighted by atomic mass is 32.1. The first-order chi connectivity index (χ1) is 8.99. The molecule has 1 aliphatic rings. The summed E-state index contributed by atoms with van der Waals surface area (Å²) in [6.45, 7) is 8.02. The minimum absolute atomic E-state index is 0.0560. The highest BCUT2D eigenvalue weighted by molar-refractivity contribution is 7.09. The van der Waals surface area contributed by atoms with Gasteiger partial charge >= 0.3 is 0 Å². The lowest BCUT2D eigenvalue weighted by Gasteiger charge is -2.18. The molecule has 1 aromatic heterocycles. The lowest BCUT2D eigenvalue weighted by atomic mass is 9.93. The van der Waals surface area contributed by atoms with Crippen molar-refractivity contribution in [1.29, 1.82) is 0 Å². The molecule has 0 radical (unpaired) electrons. The van der Waals surface area contributed by atoms with Crippen molar-refractivity contribution in [2.24, 2.45) is 0 Å². The maximum atomic E-state index is 5.50. The standard InChI is InChI=1S/C14H24N2O2S/c1-14(2,3)11-9-19-12(16-11)7-10(15-4)8-13-17-5-6-18-13/h9-10,13,15H,5-8H2,1-4H3. The fourth-order valence-corrected chi connectivity index (χ4v) is 3.14. The van der Waals surface area contributed by atoms with Gasteiger partial charge in [-0.05, 0) is 7.05 Å². The predicted molar refractivity (Wildman–Crippen MR) is 77.7 cm³/mol. The van der Waals surface area contributed by atoms with E-state index >= 15 is 0 Å². The van der Waals surface area contributed by atoms with E-state index in [1.54, 1.807) is 11.3 Å². The molecule has 2 rings (SSSR count). The van der Waals surface area contributed by atoms with E-state index < -0.39 is 0 Å². The van der Waals surface area contributed by atoms with E-state index in [4.69, 9.17) is 14.5 Å². The van der Waals surface area contributed by atoms with Gasteiger partial charge in [0, 0.05) is 29.7 Å². The van der Waals surface area contributed by atoms with Crippen molar-refractivity contribution in [1.82, 2.24) is 10.3 Å². The van der Waals surface area contributed by atoms with Gasteiger partial charge in [-0.3, -0.25) is 0 Å². The van der Waals surface area contributed by atoms with Crippen molar-refractivity contribution >= 4 is 11.3 Å². The lowest BCUT2D eigenvalue weighted by Crippen LogP contribution is -2.32. The maximum Gasteiger partial charge on any atom is 0.159 e. The number of nitrogens with zero attached hydrogens (tertiary/aromatic N) is 1. The first-order valence-electron chi connectivity index (χ1n) is 6.84. The van der Waals surface area contributed by atoms with E-state index in [0.717, 1.165) is 12.8 Å². The van der Waals surface area contributed by atoms with Crippen LogP contribution < -0.4 is 5.32 Å². The largest absolute Gasteiger partial charge is 0.350 e. The van der Waals surface area contributed by atoms with Crippen LogP contribution in [-0.4, -0.2) is 37.6 Å². The van der Waals surface area contributed by atoms with Crippen LogP contribution in [0.2, 0.25) is 0 Å². The molecule has 0 spiro atoms. The number of thiazole rings is 1. The van der Waals surface area contributed by atoms with Crippen LogP contribution in [0.1, 0.15) is 37.9 Å². The molecule has 0 aliphatic carbocycles. The Labute approximate surface area is 119 Å². The summed E-state index contributed by atoms with van der Waals surface area (Å²) in [5.74, 6) is 0. The second kappa shape index (κ2) is 6.31. The fourth-order valence-electron chi connectivity index (χ4n) is 2.04. The van der Waals surface area contributed by atoms with Gasteiger partial charge in [0.1, 0.15) is 0 Å². The Bertz CT molecular complexity index is 394. The molecular formula is C14H24N2O2S. The predicted octanol–water partition coefficient (Wildman–Crippen LogP) is 2.33. The molecule has 0 amide bonds. The summed E-state index contributed by atoms with van der Waals surface area (Å²) in [5, 5.41) is 6.69. The average Bonchev–Trinajstić information content (AvgIpc) is 2.98. The minimum Gasteiger partial charge on any atom is -0.350 e. The van der Waals surface area contributed by atoms with Crippen molar-refractivity contribution in [2.45, 2.75) is 51.4 Å². The zero-order valence-electron chi connectivity index (χ0n) is 12.2. The molecule has 1 aliphatic heterocycles. The van der Waals surface area contributed by atoms with Crippen LogP contribution in [0.4, 0.5) is 0 Å². The van der Waals surface area contributed by atoms with Crippen LogP contribution >= 0.6 is 11.3 Å². The number of ether oxygens (including phenoxy) is 2. The van der Waals surface area contributed by atoms with Gasteiger partial charge in [-0.25, -0.2) is 4.98 Å². The van der Waals surface area contributed by atoms with Gasteiger partial charge in [-0.15, -0.1) is 11.3 Å². The van der Waals surface area contributed by atoms with Gasteiger partial charge in [-0.2, -0.15) is 0 Å². The molecule has 1 aromatic rings. The minimum atomic E-state index is -0.0560. The number of rotatable bonds is 5. The molecule has 2 heterocycles. The normalized spacial score (nSPS) is 18.9. The van der Waals surface area contributed by atoms with E-state index in [-0.39, 0.29) is 11.7 Å². The van der Waals surface area contributed by atoms with Crippen LogP contribution in [0.3, 0.4) is 0 Å². The number of nitrogens with one attached hydrogen (secondary N) is 1. The molecule has 1 N–H and O–H groups in total. The highest BCUT2D eigenvalue weighted by Crippen LogP contribution is 2.25. The lowest BCUT2D eigenvalue weighted by molar-refractivity contribution is -0.0522. The van der Waals surface area contributed by atoms with Gasteiger partial charge in [0.05, 0.1) is 23.9 Å². The monoisotopic (exact) mass is 284 g/mol. The van der Waals surface area contributed by atoms with E-state index in [0.29, 0.717) is 19.3 Å². The van der Waals surface area contributed by atoms with Crippen molar-refractivity contribution in [2.75, 3.05) is 20.3 Å². The summed E-state index contributed by atoms with van der Waals surface area (Å²) in [6, 6.07) is 0.349. The fraction of sp³-hybridized carbons (Fsp3) is 0.786. The molecule has 108 valence electrons. The first-order valence-corrected chi connectivity index (χ1v) is 7.72.